The van der Waals surface area contributed by atoms with E-state index in [4.69, 9.17) is 4.74 Å². The molecule has 0 radical (unpaired) electrons. The molecule has 21 heavy (non-hydrogen) atoms. The monoisotopic (exact) mass is 297 g/mol. The first-order valence-electron chi connectivity index (χ1n) is 6.53. The van der Waals surface area contributed by atoms with Gasteiger partial charge in [0.05, 0.1) is 25.8 Å². The normalized spacial score (nSPS) is 24.8. The molecule has 1 fully saturated rings. The summed E-state index contributed by atoms with van der Waals surface area (Å²) in [7, 11) is 1.59. The predicted octanol–water partition coefficient (Wildman–Crippen LogP) is -0.256. The topological polar surface area (TPSA) is 120 Å². The molecular formula is C12H19N5O4. The van der Waals surface area contributed by atoms with E-state index in [1.807, 2.05) is 0 Å². The second-order valence-corrected chi connectivity index (χ2v) is 5.43. The predicted molar refractivity (Wildman–Crippen MR) is 71.5 cm³/mol. The summed E-state index contributed by atoms with van der Waals surface area (Å²) in [6, 6.07) is -0.959. The van der Waals surface area contributed by atoms with E-state index in [1.165, 1.54) is 4.90 Å². The van der Waals surface area contributed by atoms with Crippen molar-refractivity contribution in [3.8, 4) is 0 Å². The number of urea groups is 1. The van der Waals surface area contributed by atoms with Gasteiger partial charge in [-0.3, -0.25) is 9.89 Å². The van der Waals surface area contributed by atoms with E-state index >= 15 is 0 Å². The third-order valence-electron chi connectivity index (χ3n) is 3.61. The van der Waals surface area contributed by atoms with Crippen molar-refractivity contribution >= 4 is 12.0 Å². The number of carboxylic acids is 1. The quantitative estimate of drug-likeness (QED) is 0.704. The summed E-state index contributed by atoms with van der Waals surface area (Å²) in [5.41, 5.74) is -1.11. The van der Waals surface area contributed by atoms with E-state index in [9.17, 15) is 14.7 Å². The number of nitrogens with one attached hydrogen (secondary N) is 2. The van der Waals surface area contributed by atoms with Crippen LogP contribution in [0.5, 0.6) is 0 Å². The molecule has 2 amide bonds. The van der Waals surface area contributed by atoms with Gasteiger partial charge in [-0.05, 0) is 13.8 Å². The van der Waals surface area contributed by atoms with Crippen LogP contribution in [-0.2, 0) is 16.1 Å². The number of aromatic nitrogens is 3. The van der Waals surface area contributed by atoms with Crippen LogP contribution in [0.2, 0.25) is 0 Å². The summed E-state index contributed by atoms with van der Waals surface area (Å²) in [5, 5.41) is 18.6. The summed E-state index contributed by atoms with van der Waals surface area (Å²) >= 11 is 0. The van der Waals surface area contributed by atoms with Crippen LogP contribution in [0.3, 0.4) is 0 Å². The van der Waals surface area contributed by atoms with Crippen LogP contribution in [0.4, 0.5) is 4.79 Å². The van der Waals surface area contributed by atoms with Gasteiger partial charge >= 0.3 is 12.0 Å². The Morgan fingerprint density at radius 2 is 2.33 bits per heavy atom. The van der Waals surface area contributed by atoms with Crippen LogP contribution >= 0.6 is 0 Å². The molecule has 9 nitrogen and oxygen atoms in total. The summed E-state index contributed by atoms with van der Waals surface area (Å²) < 4.78 is 5.19. The van der Waals surface area contributed by atoms with Crippen molar-refractivity contribution in [2.24, 2.45) is 5.41 Å². The molecule has 1 aliphatic rings. The second kappa shape index (κ2) is 5.68. The third kappa shape index (κ3) is 3.13. The highest BCUT2D eigenvalue weighted by molar-refractivity contribution is 5.79. The fourth-order valence-electron chi connectivity index (χ4n) is 2.09. The Morgan fingerprint density at radius 3 is 2.90 bits per heavy atom. The zero-order valence-electron chi connectivity index (χ0n) is 12.2. The van der Waals surface area contributed by atoms with Crippen LogP contribution in [0.1, 0.15) is 18.6 Å². The smallest absolute Gasteiger partial charge is 0.317 e. The molecule has 9 heteroatoms. The molecule has 0 saturated carbocycles. The molecule has 2 unspecified atom stereocenters. The SMILES string of the molecule is Cc1nc(CN(C)C(=O)NC2COCC2(C)C(=O)O)n[nH]1. The van der Waals surface area contributed by atoms with Crippen molar-refractivity contribution in [2.75, 3.05) is 20.3 Å². The number of nitrogens with zero attached hydrogens (tertiary/aromatic N) is 3. The van der Waals surface area contributed by atoms with Gasteiger partial charge in [0, 0.05) is 7.05 Å². The van der Waals surface area contributed by atoms with E-state index in [1.54, 1.807) is 20.9 Å². The van der Waals surface area contributed by atoms with Crippen molar-refractivity contribution in [1.82, 2.24) is 25.4 Å². The Hall–Kier alpha value is -2.16. The molecule has 1 aromatic heterocycles. The maximum Gasteiger partial charge on any atom is 0.317 e. The summed E-state index contributed by atoms with van der Waals surface area (Å²) in [6.45, 7) is 3.82. The van der Waals surface area contributed by atoms with E-state index in [2.05, 4.69) is 20.5 Å². The zero-order valence-corrected chi connectivity index (χ0v) is 12.2. The van der Waals surface area contributed by atoms with Crippen molar-refractivity contribution < 1.29 is 19.4 Å². The molecule has 1 aromatic rings. The lowest BCUT2D eigenvalue weighted by Gasteiger charge is -2.27. The van der Waals surface area contributed by atoms with Crippen LogP contribution in [-0.4, -0.2) is 63.5 Å². The van der Waals surface area contributed by atoms with Crippen LogP contribution in [0, 0.1) is 12.3 Å². The molecule has 2 rings (SSSR count). The number of carbonyl (C=O) groups is 2. The van der Waals surface area contributed by atoms with Crippen LogP contribution in [0.25, 0.3) is 0 Å². The minimum atomic E-state index is -1.11. The maximum absolute atomic E-state index is 12.1. The maximum atomic E-state index is 12.1. The number of aliphatic carboxylic acids is 1. The van der Waals surface area contributed by atoms with Crippen molar-refractivity contribution in [3.05, 3.63) is 11.6 Å². The molecule has 3 N–H and O–H groups in total. The molecule has 1 saturated heterocycles. The number of hydrogen-bond acceptors (Lipinski definition) is 5. The number of aromatic amines is 1. The van der Waals surface area contributed by atoms with Gasteiger partial charge in [0.1, 0.15) is 11.2 Å². The van der Waals surface area contributed by atoms with E-state index < -0.39 is 17.4 Å². The van der Waals surface area contributed by atoms with Crippen molar-refractivity contribution in [2.45, 2.75) is 26.4 Å². The lowest BCUT2D eigenvalue weighted by molar-refractivity contribution is -0.148. The number of amides is 2. The number of H-pyrrole nitrogens is 1. The lowest BCUT2D eigenvalue weighted by Crippen LogP contribution is -2.52. The van der Waals surface area contributed by atoms with Crippen molar-refractivity contribution in [3.63, 3.8) is 0 Å². The fraction of sp³-hybridized carbons (Fsp3) is 0.667. The largest absolute Gasteiger partial charge is 0.481 e. The Morgan fingerprint density at radius 1 is 1.62 bits per heavy atom. The van der Waals surface area contributed by atoms with Gasteiger partial charge in [-0.15, -0.1) is 0 Å². The molecule has 0 bridgehead atoms. The molecule has 2 atom stereocenters. The van der Waals surface area contributed by atoms with Gasteiger partial charge in [0.15, 0.2) is 5.82 Å². The third-order valence-corrected chi connectivity index (χ3v) is 3.61. The van der Waals surface area contributed by atoms with Gasteiger partial charge in [-0.25, -0.2) is 9.78 Å². The standard InChI is InChI=1S/C12H19N5O4/c1-7-13-9(16-15-7)4-17(3)11(20)14-8-5-21-6-12(8,2)10(18)19/h8H,4-6H2,1-3H3,(H,14,20)(H,18,19)(H,13,15,16). The lowest BCUT2D eigenvalue weighted by atomic mass is 9.85. The summed E-state index contributed by atoms with van der Waals surface area (Å²) in [4.78, 5) is 28.9. The summed E-state index contributed by atoms with van der Waals surface area (Å²) in [6.07, 6.45) is 0. The van der Waals surface area contributed by atoms with E-state index in [0.29, 0.717) is 11.6 Å². The molecule has 1 aliphatic heterocycles. The van der Waals surface area contributed by atoms with E-state index in [0.717, 1.165) is 0 Å². The number of rotatable bonds is 4. The average molecular weight is 297 g/mol. The minimum Gasteiger partial charge on any atom is -0.481 e. The highest BCUT2D eigenvalue weighted by atomic mass is 16.5. The highest BCUT2D eigenvalue weighted by Crippen LogP contribution is 2.28. The van der Waals surface area contributed by atoms with Crippen LogP contribution in [0.15, 0.2) is 0 Å². The number of hydrogen-bond donors (Lipinski definition) is 3. The van der Waals surface area contributed by atoms with Gasteiger partial charge in [-0.2, -0.15) is 5.10 Å². The minimum absolute atomic E-state index is 0.0805. The van der Waals surface area contributed by atoms with Gasteiger partial charge in [0.25, 0.3) is 0 Å². The van der Waals surface area contributed by atoms with Gasteiger partial charge in [0.2, 0.25) is 0 Å². The number of carboxylic acid groups (broad SMARTS) is 1. The number of aryl methyl sites for hydroxylation is 1. The fourth-order valence-corrected chi connectivity index (χ4v) is 2.09. The Balaban J connectivity index is 1.96. The Labute approximate surface area is 121 Å². The molecule has 116 valence electrons. The van der Waals surface area contributed by atoms with Gasteiger partial charge < -0.3 is 20.1 Å². The number of ether oxygens (including phenoxy) is 1. The Kier molecular flexibility index (Phi) is 4.12. The first-order chi connectivity index (χ1) is 9.83. The second-order valence-electron chi connectivity index (χ2n) is 5.43. The highest BCUT2D eigenvalue weighted by Gasteiger charge is 2.47. The molecular weight excluding hydrogens is 278 g/mol. The van der Waals surface area contributed by atoms with Gasteiger partial charge in [-0.1, -0.05) is 0 Å². The molecule has 0 aromatic carbocycles. The Bertz CT molecular complexity index is 546. The molecule has 0 spiro atoms. The first kappa shape index (κ1) is 15.2. The van der Waals surface area contributed by atoms with Crippen LogP contribution < -0.4 is 5.32 Å². The molecule has 2 heterocycles. The summed E-state index contributed by atoms with van der Waals surface area (Å²) in [5.74, 6) is 0.174. The first-order valence-corrected chi connectivity index (χ1v) is 6.53. The van der Waals surface area contributed by atoms with Crippen molar-refractivity contribution in [1.29, 1.82) is 0 Å². The average Bonchev–Trinajstić information content (AvgIpc) is 2.97. The molecule has 0 aliphatic carbocycles. The zero-order chi connectivity index (χ0) is 15.6. The number of carbonyl (C=O) groups excluding carboxylic acids is 1. The van der Waals surface area contributed by atoms with E-state index in [-0.39, 0.29) is 25.8 Å².